The maximum atomic E-state index is 13.8. The van der Waals surface area contributed by atoms with Gasteiger partial charge in [0.2, 0.25) is 5.75 Å². The Hall–Kier alpha value is -1.58. The molecule has 1 aliphatic heterocycles. The summed E-state index contributed by atoms with van der Waals surface area (Å²) in [5, 5.41) is 0. The summed E-state index contributed by atoms with van der Waals surface area (Å²) < 4.78 is 20.9. The first-order chi connectivity index (χ1) is 27.9. The third-order valence-electron chi connectivity index (χ3n) is 11.2. The summed E-state index contributed by atoms with van der Waals surface area (Å²) in [4.78, 5) is 28.9. The third-order valence-corrected chi connectivity index (χ3v) is 13.7. The number of anilines is 1. The molecule has 1 aromatic heterocycles. The highest BCUT2D eigenvalue weighted by molar-refractivity contribution is 9.12. The molecule has 6 nitrogen and oxygen atoms in total. The molecular weight excluding hydrogens is 862 g/mol. The molecule has 0 saturated carbocycles. The quantitative estimate of drug-likeness (QED) is 0.0499. The van der Waals surface area contributed by atoms with Crippen LogP contribution >= 0.6 is 43.2 Å². The SMILES string of the molecule is CCCCCCCCCCCCOc1cc(N2C(=O)c3c(Br)sc(Br)c3C2=O)cc(OCCCCCCCCCCCC)c1OCCCCCCCCCCCC. The second-order valence-electron chi connectivity index (χ2n) is 16.2. The molecule has 2 aromatic rings. The Morgan fingerprint density at radius 2 is 0.719 bits per heavy atom. The molecule has 0 bridgehead atoms. The van der Waals surface area contributed by atoms with Crippen LogP contribution in [0.1, 0.15) is 234 Å². The molecule has 2 amide bonds. The van der Waals surface area contributed by atoms with Crippen molar-refractivity contribution in [1.82, 2.24) is 0 Å². The number of carbonyl (C=O) groups is 2. The minimum Gasteiger partial charge on any atom is -0.489 e. The van der Waals surface area contributed by atoms with Crippen molar-refractivity contribution in [2.24, 2.45) is 0 Å². The van der Waals surface area contributed by atoms with Crippen LogP contribution in [-0.2, 0) is 0 Å². The number of carbonyl (C=O) groups excluding carboxylic acids is 2. The molecule has 0 unspecified atom stereocenters. The van der Waals surface area contributed by atoms with Crippen molar-refractivity contribution in [3.63, 3.8) is 0 Å². The number of rotatable bonds is 37. The zero-order valence-electron chi connectivity index (χ0n) is 36.1. The maximum Gasteiger partial charge on any atom is 0.268 e. The second kappa shape index (κ2) is 31.3. The molecular formula is C48H77Br2NO5S. The van der Waals surface area contributed by atoms with E-state index >= 15 is 0 Å². The Bertz CT molecular complexity index is 1310. The molecule has 0 spiro atoms. The number of fused-ring (bicyclic) bond motifs is 1. The van der Waals surface area contributed by atoms with E-state index in [0.29, 0.717) is 61.5 Å². The fourth-order valence-electron chi connectivity index (χ4n) is 7.67. The van der Waals surface area contributed by atoms with E-state index in [2.05, 4.69) is 52.6 Å². The highest BCUT2D eigenvalue weighted by Gasteiger charge is 2.42. The van der Waals surface area contributed by atoms with E-state index in [4.69, 9.17) is 14.2 Å². The predicted octanol–water partition coefficient (Wildman–Crippen LogP) is 17.0. The molecule has 0 N–H and O–H groups in total. The van der Waals surface area contributed by atoms with Gasteiger partial charge in [-0.1, -0.05) is 194 Å². The molecule has 324 valence electrons. The average molecular weight is 940 g/mol. The summed E-state index contributed by atoms with van der Waals surface area (Å²) in [5.74, 6) is 0.987. The van der Waals surface area contributed by atoms with Gasteiger partial charge in [0.25, 0.3) is 11.8 Å². The van der Waals surface area contributed by atoms with Crippen LogP contribution < -0.4 is 19.1 Å². The van der Waals surface area contributed by atoms with Gasteiger partial charge in [-0.3, -0.25) is 9.59 Å². The number of nitrogens with zero attached hydrogens (tertiary/aromatic N) is 1. The number of halogens is 2. The highest BCUT2D eigenvalue weighted by Crippen LogP contribution is 2.47. The first-order valence-electron chi connectivity index (χ1n) is 23.4. The Morgan fingerprint density at radius 1 is 0.439 bits per heavy atom. The van der Waals surface area contributed by atoms with Crippen molar-refractivity contribution >= 4 is 60.7 Å². The lowest BCUT2D eigenvalue weighted by Crippen LogP contribution is -2.29. The van der Waals surface area contributed by atoms with Crippen molar-refractivity contribution in [3.05, 3.63) is 30.8 Å². The fraction of sp³-hybridized carbons (Fsp3) is 0.750. The first-order valence-corrected chi connectivity index (χ1v) is 25.8. The number of ether oxygens (including phenoxy) is 3. The molecule has 2 heterocycles. The van der Waals surface area contributed by atoms with Crippen LogP contribution in [0, 0.1) is 0 Å². The van der Waals surface area contributed by atoms with Crippen LogP contribution in [0.25, 0.3) is 0 Å². The van der Waals surface area contributed by atoms with Crippen LogP contribution in [0.5, 0.6) is 17.2 Å². The normalized spacial score (nSPS) is 12.5. The summed E-state index contributed by atoms with van der Waals surface area (Å²) in [6.45, 7) is 8.45. The fourth-order valence-corrected chi connectivity index (χ4v) is 10.8. The topological polar surface area (TPSA) is 65.1 Å². The van der Waals surface area contributed by atoms with Crippen LogP contribution in [0.2, 0.25) is 0 Å². The molecule has 1 aliphatic rings. The maximum absolute atomic E-state index is 13.8. The monoisotopic (exact) mass is 937 g/mol. The van der Waals surface area contributed by atoms with E-state index in [0.717, 1.165) is 38.5 Å². The molecule has 0 atom stereocenters. The van der Waals surface area contributed by atoms with Gasteiger partial charge in [-0.15, -0.1) is 11.3 Å². The number of amides is 2. The Balaban J connectivity index is 1.69. The number of hydrogen-bond acceptors (Lipinski definition) is 6. The molecule has 57 heavy (non-hydrogen) atoms. The minimum absolute atomic E-state index is 0.343. The molecule has 1 aromatic carbocycles. The zero-order chi connectivity index (χ0) is 40.9. The van der Waals surface area contributed by atoms with Gasteiger partial charge < -0.3 is 14.2 Å². The van der Waals surface area contributed by atoms with Crippen molar-refractivity contribution in [2.75, 3.05) is 24.7 Å². The molecule has 3 rings (SSSR count). The summed E-state index contributed by atoms with van der Waals surface area (Å²) >= 11 is 8.39. The number of thiophene rings is 1. The van der Waals surface area contributed by atoms with E-state index in [-0.39, 0.29) is 11.8 Å². The second-order valence-corrected chi connectivity index (χ2v) is 19.9. The summed E-state index contributed by atoms with van der Waals surface area (Å²) in [6, 6.07) is 3.62. The number of imide groups is 1. The van der Waals surface area contributed by atoms with Gasteiger partial charge in [-0.05, 0) is 51.1 Å². The lowest BCUT2D eigenvalue weighted by atomic mass is 10.1. The minimum atomic E-state index is -0.343. The van der Waals surface area contributed by atoms with Gasteiger partial charge in [0.1, 0.15) is 0 Å². The Kier molecular flexibility index (Phi) is 27.3. The molecule has 9 heteroatoms. The van der Waals surface area contributed by atoms with Gasteiger partial charge in [0.15, 0.2) is 11.5 Å². The molecule has 0 saturated heterocycles. The Labute approximate surface area is 368 Å². The summed E-state index contributed by atoms with van der Waals surface area (Å²) in [6.07, 6.45) is 37.6. The van der Waals surface area contributed by atoms with Crippen molar-refractivity contribution in [3.8, 4) is 17.2 Å². The molecule has 0 radical (unpaired) electrons. The predicted molar refractivity (Wildman–Crippen MR) is 249 cm³/mol. The lowest BCUT2D eigenvalue weighted by molar-refractivity contribution is 0.0925. The first kappa shape index (κ1) is 49.8. The van der Waals surface area contributed by atoms with E-state index in [1.807, 2.05) is 12.1 Å². The largest absolute Gasteiger partial charge is 0.489 e. The van der Waals surface area contributed by atoms with Gasteiger partial charge in [0.05, 0.1) is 44.2 Å². The van der Waals surface area contributed by atoms with Crippen molar-refractivity contribution in [1.29, 1.82) is 0 Å². The number of hydrogen-bond donors (Lipinski definition) is 0. The summed E-state index contributed by atoms with van der Waals surface area (Å²) in [7, 11) is 0. The third kappa shape index (κ3) is 18.7. The van der Waals surface area contributed by atoms with Gasteiger partial charge >= 0.3 is 0 Å². The molecule has 0 fully saturated rings. The van der Waals surface area contributed by atoms with Crippen LogP contribution in [0.3, 0.4) is 0 Å². The number of unbranched alkanes of at least 4 members (excludes halogenated alkanes) is 27. The van der Waals surface area contributed by atoms with Crippen LogP contribution in [0.4, 0.5) is 5.69 Å². The van der Waals surface area contributed by atoms with Gasteiger partial charge in [-0.25, -0.2) is 4.90 Å². The Morgan fingerprint density at radius 3 is 1.04 bits per heavy atom. The smallest absolute Gasteiger partial charge is 0.268 e. The van der Waals surface area contributed by atoms with Crippen molar-refractivity contribution < 1.29 is 23.8 Å². The summed E-state index contributed by atoms with van der Waals surface area (Å²) in [5.41, 5.74) is 1.25. The van der Waals surface area contributed by atoms with Gasteiger partial charge in [0, 0.05) is 12.1 Å². The van der Waals surface area contributed by atoms with Crippen LogP contribution in [0.15, 0.2) is 19.7 Å². The van der Waals surface area contributed by atoms with Crippen LogP contribution in [-0.4, -0.2) is 31.6 Å². The van der Waals surface area contributed by atoms with E-state index in [1.165, 1.54) is 170 Å². The zero-order valence-corrected chi connectivity index (χ0v) is 40.1. The van der Waals surface area contributed by atoms with E-state index in [1.54, 1.807) is 0 Å². The lowest BCUT2D eigenvalue weighted by Gasteiger charge is -2.22. The standard InChI is InChI=1S/C48H77Br2NO5S/c1-4-7-10-13-16-19-22-25-28-31-34-54-40-37-39(51-47(52)42-43(48(51)53)46(50)57-45(42)49)38-41(55-35-32-29-26-23-20-17-14-11-8-5-2)44(40)56-36-33-30-27-24-21-18-15-12-9-6-3/h37-38H,4-36H2,1-3H3. The highest BCUT2D eigenvalue weighted by atomic mass is 79.9. The van der Waals surface area contributed by atoms with Crippen molar-refractivity contribution in [2.45, 2.75) is 213 Å². The van der Waals surface area contributed by atoms with E-state index in [9.17, 15) is 9.59 Å². The number of benzene rings is 1. The average Bonchev–Trinajstić information content (AvgIpc) is 3.66. The molecule has 0 aliphatic carbocycles. The van der Waals surface area contributed by atoms with E-state index < -0.39 is 0 Å². The van der Waals surface area contributed by atoms with Gasteiger partial charge in [-0.2, -0.15) is 0 Å².